The Kier molecular flexibility index (Phi) is 7.41. The summed E-state index contributed by atoms with van der Waals surface area (Å²) in [5, 5.41) is 5.10. The lowest BCUT2D eigenvalue weighted by Crippen LogP contribution is -2.33. The van der Waals surface area contributed by atoms with Crippen LogP contribution in [0.25, 0.3) is 0 Å². The van der Waals surface area contributed by atoms with Gasteiger partial charge in [-0.2, -0.15) is 0 Å². The summed E-state index contributed by atoms with van der Waals surface area (Å²) >= 11 is 0. The Labute approximate surface area is 148 Å². The number of carbonyl (C=O) groups excluding carboxylic acids is 1. The highest BCUT2D eigenvalue weighted by Gasteiger charge is 2.14. The standard InChI is InChI=1S/C20H22N2O3/c1-17(2)20(23)22(25-16-19-11-7-4-8-12-19)14-13-21-24-15-18-9-5-3-6-10-18/h3-13H,1,14-16H2,2H3/b21-13-. The molecule has 5 nitrogen and oxygen atoms in total. The third-order valence-electron chi connectivity index (χ3n) is 3.29. The fourth-order valence-electron chi connectivity index (χ4n) is 1.98. The van der Waals surface area contributed by atoms with E-state index in [1.165, 1.54) is 11.3 Å². The molecule has 5 heteroatoms. The molecule has 0 aliphatic carbocycles. The molecule has 0 unspecified atom stereocenters. The van der Waals surface area contributed by atoms with Gasteiger partial charge in [-0.05, 0) is 18.1 Å². The predicted molar refractivity (Wildman–Crippen MR) is 97.5 cm³/mol. The maximum absolute atomic E-state index is 12.1. The van der Waals surface area contributed by atoms with Gasteiger partial charge in [0.2, 0.25) is 0 Å². The van der Waals surface area contributed by atoms with Gasteiger partial charge in [-0.15, -0.1) is 0 Å². The number of oxime groups is 1. The Morgan fingerprint density at radius 1 is 1.04 bits per heavy atom. The van der Waals surface area contributed by atoms with E-state index in [-0.39, 0.29) is 12.5 Å². The molecule has 0 heterocycles. The highest BCUT2D eigenvalue weighted by atomic mass is 16.7. The van der Waals surface area contributed by atoms with Crippen LogP contribution in [0.15, 0.2) is 78.0 Å². The highest BCUT2D eigenvalue weighted by molar-refractivity contribution is 5.92. The molecular formula is C20H22N2O3. The van der Waals surface area contributed by atoms with Crippen molar-refractivity contribution in [1.82, 2.24) is 5.06 Å². The van der Waals surface area contributed by atoms with Crippen LogP contribution in [0.2, 0.25) is 0 Å². The van der Waals surface area contributed by atoms with Crippen molar-refractivity contribution < 1.29 is 14.5 Å². The third-order valence-corrected chi connectivity index (χ3v) is 3.29. The Balaban J connectivity index is 1.84. The second-order valence-corrected chi connectivity index (χ2v) is 5.45. The van der Waals surface area contributed by atoms with Crippen molar-refractivity contribution in [1.29, 1.82) is 0 Å². The molecule has 2 aromatic carbocycles. The van der Waals surface area contributed by atoms with E-state index in [1.807, 2.05) is 60.7 Å². The molecule has 0 saturated carbocycles. The Bertz CT molecular complexity index is 699. The summed E-state index contributed by atoms with van der Waals surface area (Å²) in [7, 11) is 0. The molecule has 0 bridgehead atoms. The molecule has 0 N–H and O–H groups in total. The monoisotopic (exact) mass is 338 g/mol. The average molecular weight is 338 g/mol. The summed E-state index contributed by atoms with van der Waals surface area (Å²) in [6.45, 7) is 6.15. The van der Waals surface area contributed by atoms with E-state index in [2.05, 4.69) is 11.7 Å². The van der Waals surface area contributed by atoms with Crippen molar-refractivity contribution in [3.8, 4) is 0 Å². The maximum atomic E-state index is 12.1. The first kappa shape index (κ1) is 18.4. The van der Waals surface area contributed by atoms with Crippen molar-refractivity contribution in [2.24, 2.45) is 5.16 Å². The fraction of sp³-hybridized carbons (Fsp3) is 0.200. The topological polar surface area (TPSA) is 51.1 Å². The molecule has 0 aliphatic rings. The summed E-state index contributed by atoms with van der Waals surface area (Å²) < 4.78 is 0. The number of rotatable bonds is 9. The third kappa shape index (κ3) is 6.61. The van der Waals surface area contributed by atoms with Crippen LogP contribution in [0.1, 0.15) is 18.1 Å². The van der Waals surface area contributed by atoms with Crippen LogP contribution in [-0.4, -0.2) is 23.7 Å². The van der Waals surface area contributed by atoms with Crippen molar-refractivity contribution in [2.75, 3.05) is 6.54 Å². The van der Waals surface area contributed by atoms with Crippen LogP contribution in [0.3, 0.4) is 0 Å². The quantitative estimate of drug-likeness (QED) is 0.398. The second kappa shape index (κ2) is 10.1. The Morgan fingerprint density at radius 2 is 1.60 bits per heavy atom. The zero-order valence-electron chi connectivity index (χ0n) is 14.3. The van der Waals surface area contributed by atoms with E-state index < -0.39 is 0 Å². The number of hydrogen-bond acceptors (Lipinski definition) is 4. The minimum absolute atomic E-state index is 0.174. The molecule has 1 amide bonds. The van der Waals surface area contributed by atoms with Crippen LogP contribution in [0.4, 0.5) is 0 Å². The largest absolute Gasteiger partial charge is 0.391 e. The van der Waals surface area contributed by atoms with Gasteiger partial charge in [0.05, 0.1) is 12.8 Å². The molecule has 0 aliphatic heterocycles. The lowest BCUT2D eigenvalue weighted by atomic mass is 10.2. The number of hydrogen-bond donors (Lipinski definition) is 0. The number of carbonyl (C=O) groups is 1. The Morgan fingerprint density at radius 3 is 2.16 bits per heavy atom. The number of benzene rings is 2. The van der Waals surface area contributed by atoms with Crippen molar-refractivity contribution in [2.45, 2.75) is 20.1 Å². The van der Waals surface area contributed by atoms with E-state index in [1.54, 1.807) is 6.92 Å². The molecule has 0 aromatic heterocycles. The van der Waals surface area contributed by atoms with Gasteiger partial charge >= 0.3 is 0 Å². The lowest BCUT2D eigenvalue weighted by molar-refractivity contribution is -0.182. The molecule has 130 valence electrons. The summed E-state index contributed by atoms with van der Waals surface area (Å²) in [5.74, 6) is -0.287. The first-order valence-corrected chi connectivity index (χ1v) is 7.98. The molecule has 0 saturated heterocycles. The minimum Gasteiger partial charge on any atom is -0.391 e. The van der Waals surface area contributed by atoms with Crippen molar-refractivity contribution in [3.05, 3.63) is 83.9 Å². The number of hydroxylamine groups is 2. The van der Waals surface area contributed by atoms with Crippen molar-refractivity contribution >= 4 is 12.1 Å². The smallest absolute Gasteiger partial charge is 0.272 e. The highest BCUT2D eigenvalue weighted by Crippen LogP contribution is 2.06. The molecule has 0 spiro atoms. The van der Waals surface area contributed by atoms with Crippen LogP contribution >= 0.6 is 0 Å². The summed E-state index contributed by atoms with van der Waals surface area (Å²) in [4.78, 5) is 23.0. The van der Waals surface area contributed by atoms with E-state index in [0.717, 1.165) is 11.1 Å². The van der Waals surface area contributed by atoms with Gasteiger partial charge in [0, 0.05) is 5.57 Å². The second-order valence-electron chi connectivity index (χ2n) is 5.45. The van der Waals surface area contributed by atoms with E-state index in [4.69, 9.17) is 9.68 Å². The molecule has 2 rings (SSSR count). The van der Waals surface area contributed by atoms with Gasteiger partial charge in [0.15, 0.2) is 0 Å². The number of amides is 1. The van der Waals surface area contributed by atoms with E-state index in [9.17, 15) is 4.79 Å². The van der Waals surface area contributed by atoms with Gasteiger partial charge in [-0.1, -0.05) is 72.4 Å². The molecule has 2 aromatic rings. The Hall–Kier alpha value is -2.92. The summed E-state index contributed by atoms with van der Waals surface area (Å²) in [5.41, 5.74) is 2.39. The molecule has 0 atom stereocenters. The van der Waals surface area contributed by atoms with Crippen LogP contribution in [-0.2, 0) is 27.7 Å². The summed E-state index contributed by atoms with van der Waals surface area (Å²) in [6.07, 6.45) is 1.49. The van der Waals surface area contributed by atoms with Gasteiger partial charge in [-0.25, -0.2) is 5.06 Å². The minimum atomic E-state index is -0.287. The van der Waals surface area contributed by atoms with Crippen LogP contribution in [0, 0.1) is 0 Å². The van der Waals surface area contributed by atoms with E-state index >= 15 is 0 Å². The summed E-state index contributed by atoms with van der Waals surface area (Å²) in [6, 6.07) is 19.4. The van der Waals surface area contributed by atoms with Gasteiger partial charge in [-0.3, -0.25) is 9.63 Å². The predicted octanol–water partition coefficient (Wildman–Crippen LogP) is 3.73. The number of nitrogens with zero attached hydrogens (tertiary/aromatic N) is 2. The molecule has 25 heavy (non-hydrogen) atoms. The normalized spacial score (nSPS) is 10.6. The molecular weight excluding hydrogens is 316 g/mol. The first-order valence-electron chi connectivity index (χ1n) is 7.98. The average Bonchev–Trinajstić information content (AvgIpc) is 2.65. The van der Waals surface area contributed by atoms with Crippen molar-refractivity contribution in [3.63, 3.8) is 0 Å². The SMILES string of the molecule is C=C(C)C(=O)N(C/C=N\OCc1ccccc1)OCc1ccccc1. The first-order chi connectivity index (χ1) is 12.2. The zero-order chi connectivity index (χ0) is 17.9. The van der Waals surface area contributed by atoms with Crippen LogP contribution in [0.5, 0.6) is 0 Å². The van der Waals surface area contributed by atoms with Gasteiger partial charge in [0.1, 0.15) is 13.2 Å². The van der Waals surface area contributed by atoms with Gasteiger partial charge in [0.25, 0.3) is 5.91 Å². The lowest BCUT2D eigenvalue weighted by Gasteiger charge is -2.20. The van der Waals surface area contributed by atoms with Crippen LogP contribution < -0.4 is 0 Å². The maximum Gasteiger partial charge on any atom is 0.272 e. The molecule has 0 radical (unpaired) electrons. The van der Waals surface area contributed by atoms with E-state index in [0.29, 0.717) is 18.8 Å². The fourth-order valence-corrected chi connectivity index (χ4v) is 1.98. The molecule has 0 fully saturated rings. The zero-order valence-corrected chi connectivity index (χ0v) is 14.3. The van der Waals surface area contributed by atoms with Gasteiger partial charge < -0.3 is 4.84 Å².